The van der Waals surface area contributed by atoms with Crippen molar-refractivity contribution in [3.05, 3.63) is 76.0 Å². The van der Waals surface area contributed by atoms with Gasteiger partial charge < -0.3 is 0 Å². The maximum atomic E-state index is 12.4. The number of allylic oxidation sites excluding steroid dienone is 1. The molecule has 0 N–H and O–H groups in total. The van der Waals surface area contributed by atoms with Crippen LogP contribution >= 0.6 is 22.9 Å². The molecular formula is C18H13ClN2OS. The zero-order valence-corrected chi connectivity index (χ0v) is 13.9. The monoisotopic (exact) mass is 340 g/mol. The lowest BCUT2D eigenvalue weighted by Gasteiger charge is -1.95. The minimum atomic E-state index is -0.0518. The number of nitrogens with zero attached hydrogens (tertiary/aromatic N) is 2. The van der Waals surface area contributed by atoms with Crippen LogP contribution < -0.4 is 0 Å². The highest BCUT2D eigenvalue weighted by atomic mass is 35.5. The molecule has 0 fully saturated rings. The summed E-state index contributed by atoms with van der Waals surface area (Å²) in [6.07, 6.45) is 6.73. The van der Waals surface area contributed by atoms with Gasteiger partial charge >= 0.3 is 0 Å². The van der Waals surface area contributed by atoms with Crippen molar-refractivity contribution in [2.24, 2.45) is 0 Å². The van der Waals surface area contributed by atoms with Crippen LogP contribution in [0.25, 0.3) is 16.6 Å². The molecule has 2 heterocycles. The molecule has 3 nitrogen and oxygen atoms in total. The summed E-state index contributed by atoms with van der Waals surface area (Å²) in [5.41, 5.74) is 2.58. The molecular weight excluding hydrogens is 328 g/mol. The van der Waals surface area contributed by atoms with Gasteiger partial charge in [-0.25, -0.2) is 4.98 Å². The van der Waals surface area contributed by atoms with Gasteiger partial charge in [-0.05, 0) is 42.8 Å². The first kappa shape index (κ1) is 15.6. The topological polar surface area (TPSA) is 42.9 Å². The molecule has 0 saturated heterocycles. The Labute approximate surface area is 143 Å². The van der Waals surface area contributed by atoms with Crippen LogP contribution in [0.1, 0.15) is 20.9 Å². The van der Waals surface area contributed by atoms with Crippen molar-refractivity contribution in [3.63, 3.8) is 0 Å². The molecule has 0 spiro atoms. The van der Waals surface area contributed by atoms with Crippen LogP contribution in [-0.2, 0) is 0 Å². The molecule has 23 heavy (non-hydrogen) atoms. The fraction of sp³-hybridized carbons (Fsp3) is 0.0556. The summed E-state index contributed by atoms with van der Waals surface area (Å²) >= 11 is 7.29. The van der Waals surface area contributed by atoms with Crippen molar-refractivity contribution >= 4 is 34.8 Å². The fourth-order valence-electron chi connectivity index (χ4n) is 2.06. The number of hydrogen-bond donors (Lipinski definition) is 0. The summed E-state index contributed by atoms with van der Waals surface area (Å²) in [7, 11) is 0. The molecule has 0 aliphatic rings. The third kappa shape index (κ3) is 3.73. The van der Waals surface area contributed by atoms with Gasteiger partial charge in [0.1, 0.15) is 5.01 Å². The smallest absolute Gasteiger partial charge is 0.197 e. The highest BCUT2D eigenvalue weighted by Crippen LogP contribution is 2.29. The first-order valence-corrected chi connectivity index (χ1v) is 8.19. The normalized spacial score (nSPS) is 11.0. The van der Waals surface area contributed by atoms with Gasteiger partial charge in [0.05, 0.1) is 10.6 Å². The molecule has 1 aromatic carbocycles. The van der Waals surface area contributed by atoms with E-state index in [1.54, 1.807) is 24.5 Å². The number of benzene rings is 1. The van der Waals surface area contributed by atoms with E-state index in [4.69, 9.17) is 11.6 Å². The van der Waals surface area contributed by atoms with Crippen molar-refractivity contribution in [2.75, 3.05) is 0 Å². The van der Waals surface area contributed by atoms with Gasteiger partial charge in [-0.1, -0.05) is 29.8 Å². The second-order valence-corrected chi connectivity index (χ2v) is 6.36. The van der Waals surface area contributed by atoms with Crippen molar-refractivity contribution in [3.8, 4) is 10.6 Å². The first-order chi connectivity index (χ1) is 11.1. The number of aromatic nitrogens is 2. The maximum absolute atomic E-state index is 12.4. The second-order valence-electron chi connectivity index (χ2n) is 4.92. The predicted molar refractivity (Wildman–Crippen MR) is 94.9 cm³/mol. The molecule has 0 unspecified atom stereocenters. The summed E-state index contributed by atoms with van der Waals surface area (Å²) in [6, 6.07) is 11.2. The fourth-order valence-corrected chi connectivity index (χ4v) is 3.18. The van der Waals surface area contributed by atoms with Gasteiger partial charge in [0.25, 0.3) is 0 Å². The molecule has 0 radical (unpaired) electrons. The molecule has 2 aromatic heterocycles. The van der Waals surface area contributed by atoms with Crippen LogP contribution in [0.2, 0.25) is 5.02 Å². The van der Waals surface area contributed by atoms with Crippen LogP contribution in [0.3, 0.4) is 0 Å². The average molecular weight is 341 g/mol. The van der Waals surface area contributed by atoms with Crippen molar-refractivity contribution < 1.29 is 4.79 Å². The number of ketones is 1. The Morgan fingerprint density at radius 3 is 2.70 bits per heavy atom. The average Bonchev–Trinajstić information content (AvgIpc) is 2.96. The van der Waals surface area contributed by atoms with E-state index in [9.17, 15) is 4.79 Å². The van der Waals surface area contributed by atoms with Gasteiger partial charge in [-0.3, -0.25) is 9.78 Å². The molecule has 0 saturated carbocycles. The standard InChI is InChI=1S/C18H13ClN2OS/c1-12-17(16(22)9-4-13-3-2-10-20-11-13)23-18(21-12)14-5-7-15(19)8-6-14/h2-11H,1H3. The highest BCUT2D eigenvalue weighted by Gasteiger charge is 2.14. The second kappa shape index (κ2) is 6.86. The summed E-state index contributed by atoms with van der Waals surface area (Å²) in [5.74, 6) is -0.0518. The summed E-state index contributed by atoms with van der Waals surface area (Å²) in [5, 5.41) is 1.50. The van der Waals surface area contributed by atoms with E-state index in [0.717, 1.165) is 21.8 Å². The van der Waals surface area contributed by atoms with Crippen molar-refractivity contribution in [1.29, 1.82) is 0 Å². The number of carbonyl (C=O) groups excluding carboxylic acids is 1. The number of rotatable bonds is 4. The number of halogens is 1. The molecule has 0 aliphatic heterocycles. The molecule has 0 bridgehead atoms. The Morgan fingerprint density at radius 1 is 1.22 bits per heavy atom. The number of thiazole rings is 1. The quantitative estimate of drug-likeness (QED) is 0.492. The molecule has 0 atom stereocenters. The first-order valence-electron chi connectivity index (χ1n) is 6.99. The Balaban J connectivity index is 1.84. The van der Waals surface area contributed by atoms with E-state index in [2.05, 4.69) is 9.97 Å². The van der Waals surface area contributed by atoms with E-state index in [-0.39, 0.29) is 5.78 Å². The Hall–Kier alpha value is -2.30. The van der Waals surface area contributed by atoms with Gasteiger partial charge in [0.2, 0.25) is 0 Å². The van der Waals surface area contributed by atoms with E-state index < -0.39 is 0 Å². The van der Waals surface area contributed by atoms with Crippen molar-refractivity contribution in [1.82, 2.24) is 9.97 Å². The SMILES string of the molecule is Cc1nc(-c2ccc(Cl)cc2)sc1C(=O)C=Cc1cccnc1. The van der Waals surface area contributed by atoms with Crippen LogP contribution in [0.5, 0.6) is 0 Å². The third-order valence-electron chi connectivity index (χ3n) is 3.22. The minimum Gasteiger partial charge on any atom is -0.288 e. The molecule has 3 aromatic rings. The van der Waals surface area contributed by atoms with Crippen LogP contribution in [0.15, 0.2) is 54.9 Å². The summed E-state index contributed by atoms with van der Waals surface area (Å²) in [6.45, 7) is 1.85. The lowest BCUT2D eigenvalue weighted by Crippen LogP contribution is -1.93. The lowest BCUT2D eigenvalue weighted by molar-refractivity contribution is 0.105. The van der Waals surface area contributed by atoms with Crippen LogP contribution in [-0.4, -0.2) is 15.8 Å². The van der Waals surface area contributed by atoms with E-state index in [1.165, 1.54) is 11.3 Å². The van der Waals surface area contributed by atoms with E-state index in [0.29, 0.717) is 9.90 Å². The van der Waals surface area contributed by atoms with Gasteiger partial charge in [0, 0.05) is 23.0 Å². The number of aryl methyl sites for hydroxylation is 1. The predicted octanol–water partition coefficient (Wildman–Crippen LogP) is 5.06. The van der Waals surface area contributed by atoms with E-state index in [1.807, 2.05) is 43.3 Å². The Kier molecular flexibility index (Phi) is 4.65. The largest absolute Gasteiger partial charge is 0.288 e. The Bertz CT molecular complexity index is 854. The molecule has 0 aliphatic carbocycles. The Morgan fingerprint density at radius 2 is 2.00 bits per heavy atom. The third-order valence-corrected chi connectivity index (χ3v) is 4.70. The van der Waals surface area contributed by atoms with E-state index >= 15 is 0 Å². The van der Waals surface area contributed by atoms with Crippen LogP contribution in [0.4, 0.5) is 0 Å². The number of pyridine rings is 1. The highest BCUT2D eigenvalue weighted by molar-refractivity contribution is 7.17. The summed E-state index contributed by atoms with van der Waals surface area (Å²) in [4.78, 5) is 21.5. The molecule has 5 heteroatoms. The summed E-state index contributed by atoms with van der Waals surface area (Å²) < 4.78 is 0. The zero-order valence-electron chi connectivity index (χ0n) is 12.4. The molecule has 3 rings (SSSR count). The minimum absolute atomic E-state index is 0.0518. The lowest BCUT2D eigenvalue weighted by atomic mass is 10.2. The van der Waals surface area contributed by atoms with Gasteiger partial charge in [-0.15, -0.1) is 11.3 Å². The number of carbonyl (C=O) groups is 1. The molecule has 0 amide bonds. The number of hydrogen-bond acceptors (Lipinski definition) is 4. The molecule has 114 valence electrons. The van der Waals surface area contributed by atoms with Crippen molar-refractivity contribution in [2.45, 2.75) is 6.92 Å². The zero-order chi connectivity index (χ0) is 16.2. The van der Waals surface area contributed by atoms with Gasteiger partial charge in [-0.2, -0.15) is 0 Å². The van der Waals surface area contributed by atoms with Crippen LogP contribution in [0, 0.1) is 6.92 Å². The van der Waals surface area contributed by atoms with Gasteiger partial charge in [0.15, 0.2) is 5.78 Å². The maximum Gasteiger partial charge on any atom is 0.197 e.